The van der Waals surface area contributed by atoms with Gasteiger partial charge in [0.05, 0.1) is 28.4 Å². The molecule has 0 aromatic carbocycles. The summed E-state index contributed by atoms with van der Waals surface area (Å²) in [6.07, 6.45) is 0. The third-order valence-electron chi connectivity index (χ3n) is 4.53. The Balaban J connectivity index is 2.24. The van der Waals surface area contributed by atoms with Crippen LogP contribution in [0, 0.1) is 16.0 Å². The van der Waals surface area contributed by atoms with Crippen molar-refractivity contribution in [3.63, 3.8) is 0 Å². The van der Waals surface area contributed by atoms with E-state index in [9.17, 15) is 19.7 Å². The molecule has 0 fully saturated rings. The Bertz CT molecular complexity index is 980. The van der Waals surface area contributed by atoms with Crippen molar-refractivity contribution in [3.05, 3.63) is 32.8 Å². The maximum absolute atomic E-state index is 12.4. The fourth-order valence-corrected chi connectivity index (χ4v) is 3.45. The number of methoxy groups -OCH3 is 1. The summed E-state index contributed by atoms with van der Waals surface area (Å²) in [6.45, 7) is 5.44. The number of amides is 1. The van der Waals surface area contributed by atoms with Gasteiger partial charge in [0, 0.05) is 0 Å². The first kappa shape index (κ1) is 17.9. The van der Waals surface area contributed by atoms with Crippen LogP contribution in [0.5, 0.6) is 0 Å². The van der Waals surface area contributed by atoms with Gasteiger partial charge in [-0.2, -0.15) is 0 Å². The average Bonchev–Trinajstić information content (AvgIpc) is 3.14. The summed E-state index contributed by atoms with van der Waals surface area (Å²) >= 11 is 1.08. The van der Waals surface area contributed by atoms with Gasteiger partial charge in [-0.25, -0.2) is 14.8 Å². The molecule has 3 rings (SSSR count). The molecular weight excluding hydrogens is 360 g/mol. The van der Waals surface area contributed by atoms with Crippen molar-refractivity contribution >= 4 is 45.0 Å². The molecule has 1 unspecified atom stereocenters. The number of esters is 1. The topological polar surface area (TPSA) is 124 Å². The number of aromatic nitrogens is 1. The number of pyridine rings is 1. The highest BCUT2D eigenvalue weighted by atomic mass is 32.1. The third-order valence-corrected chi connectivity index (χ3v) is 5.41. The number of carbonyl (C=O) groups excluding carboxylic acids is 2. The molecule has 3 heterocycles. The van der Waals surface area contributed by atoms with E-state index in [1.54, 1.807) is 6.92 Å². The summed E-state index contributed by atoms with van der Waals surface area (Å²) in [4.78, 5) is 44.4. The lowest BCUT2D eigenvalue weighted by atomic mass is 9.89. The number of aliphatic imine (C=N–C) groups is 1. The Labute approximate surface area is 152 Å². The van der Waals surface area contributed by atoms with Crippen LogP contribution in [0.15, 0.2) is 16.4 Å². The second kappa shape index (κ2) is 6.13. The third kappa shape index (κ3) is 2.62. The maximum Gasteiger partial charge on any atom is 0.340 e. The first-order valence-corrected chi connectivity index (χ1v) is 8.63. The van der Waals surface area contributed by atoms with Gasteiger partial charge in [0.2, 0.25) is 0 Å². The molecule has 0 bridgehead atoms. The number of thiophene rings is 1. The molecule has 1 atom stereocenters. The van der Waals surface area contributed by atoms with Crippen molar-refractivity contribution in [2.45, 2.75) is 26.3 Å². The lowest BCUT2D eigenvalue weighted by Gasteiger charge is -2.21. The van der Waals surface area contributed by atoms with Crippen LogP contribution >= 0.6 is 11.3 Å². The fraction of sp³-hybridized carbons (Fsp3) is 0.375. The quantitative estimate of drug-likeness (QED) is 0.496. The standard InChI is InChI=1S/C16H16N4O5S/c1-7(2)16(3)15(22)18-12(19-16)11-9(14(21)25-4)5-8-10(20(23)24)6-26-13(8)17-11/h5-7H,1-4H3,(H,18,19,22). The first-order valence-electron chi connectivity index (χ1n) is 7.75. The molecule has 9 nitrogen and oxygen atoms in total. The fourth-order valence-electron chi connectivity index (χ4n) is 2.58. The minimum atomic E-state index is -0.985. The molecule has 0 aliphatic carbocycles. The summed E-state index contributed by atoms with van der Waals surface area (Å²) in [5.74, 6) is -0.931. The molecule has 2 aromatic rings. The van der Waals surface area contributed by atoms with Crippen LogP contribution in [0.4, 0.5) is 5.69 Å². The van der Waals surface area contributed by atoms with Gasteiger partial charge in [0.1, 0.15) is 16.1 Å². The predicted octanol–water partition coefficient (Wildman–Crippen LogP) is 2.28. The average molecular weight is 376 g/mol. The Morgan fingerprint density at radius 3 is 2.69 bits per heavy atom. The van der Waals surface area contributed by atoms with E-state index in [4.69, 9.17) is 4.74 Å². The number of nitro groups is 1. The van der Waals surface area contributed by atoms with Crippen LogP contribution in [-0.4, -0.2) is 40.3 Å². The number of hydrogen-bond acceptors (Lipinski definition) is 8. The van der Waals surface area contributed by atoms with Crippen LogP contribution < -0.4 is 5.32 Å². The zero-order chi connectivity index (χ0) is 19.2. The summed E-state index contributed by atoms with van der Waals surface area (Å²) in [5.41, 5.74) is -0.980. The Morgan fingerprint density at radius 1 is 1.46 bits per heavy atom. The molecule has 2 aromatic heterocycles. The molecular formula is C16H16N4O5S. The Hall–Kier alpha value is -2.88. The lowest BCUT2D eigenvalue weighted by molar-refractivity contribution is -0.382. The number of fused-ring (bicyclic) bond motifs is 1. The molecule has 0 radical (unpaired) electrons. The van der Waals surface area contributed by atoms with E-state index in [1.165, 1.54) is 18.6 Å². The first-order chi connectivity index (χ1) is 12.2. The van der Waals surface area contributed by atoms with Gasteiger partial charge >= 0.3 is 5.97 Å². The number of nitrogens with zero attached hydrogens (tertiary/aromatic N) is 3. The molecule has 26 heavy (non-hydrogen) atoms. The Morgan fingerprint density at radius 2 is 2.15 bits per heavy atom. The molecule has 136 valence electrons. The normalized spacial score (nSPS) is 19.6. The van der Waals surface area contributed by atoms with Crippen molar-refractivity contribution in [2.24, 2.45) is 10.9 Å². The van der Waals surface area contributed by atoms with E-state index in [0.29, 0.717) is 4.83 Å². The van der Waals surface area contributed by atoms with Gasteiger partial charge < -0.3 is 10.1 Å². The van der Waals surface area contributed by atoms with Crippen LogP contribution in [0.1, 0.15) is 36.8 Å². The predicted molar refractivity (Wildman–Crippen MR) is 95.5 cm³/mol. The highest BCUT2D eigenvalue weighted by Crippen LogP contribution is 2.34. The number of amidine groups is 1. The SMILES string of the molecule is COC(=O)c1cc2c([N+](=O)[O-])csc2nc1C1=NC(C)(C(C)C)C(=O)N1. The molecule has 0 saturated carbocycles. The van der Waals surface area contributed by atoms with Gasteiger partial charge in [-0.05, 0) is 18.9 Å². The lowest BCUT2D eigenvalue weighted by Crippen LogP contribution is -2.41. The van der Waals surface area contributed by atoms with E-state index < -0.39 is 16.4 Å². The van der Waals surface area contributed by atoms with Gasteiger partial charge in [0.15, 0.2) is 5.84 Å². The van der Waals surface area contributed by atoms with Crippen LogP contribution in [-0.2, 0) is 9.53 Å². The van der Waals surface area contributed by atoms with E-state index in [2.05, 4.69) is 15.3 Å². The molecule has 1 N–H and O–H groups in total. The maximum atomic E-state index is 12.4. The van der Waals surface area contributed by atoms with E-state index >= 15 is 0 Å². The summed E-state index contributed by atoms with van der Waals surface area (Å²) < 4.78 is 4.78. The smallest absolute Gasteiger partial charge is 0.340 e. The van der Waals surface area contributed by atoms with Gasteiger partial charge in [-0.3, -0.25) is 14.9 Å². The van der Waals surface area contributed by atoms with Crippen molar-refractivity contribution in [2.75, 3.05) is 7.11 Å². The Kier molecular flexibility index (Phi) is 4.23. The van der Waals surface area contributed by atoms with Gasteiger partial charge in [0.25, 0.3) is 11.6 Å². The van der Waals surface area contributed by atoms with Crippen LogP contribution in [0.2, 0.25) is 0 Å². The zero-order valence-corrected chi connectivity index (χ0v) is 15.3. The molecule has 10 heteroatoms. The molecule has 1 aliphatic rings. The second-order valence-corrected chi connectivity index (χ2v) is 7.18. The van der Waals surface area contributed by atoms with Gasteiger partial charge in [-0.1, -0.05) is 13.8 Å². The van der Waals surface area contributed by atoms with E-state index in [0.717, 1.165) is 11.3 Å². The molecule has 1 aliphatic heterocycles. The van der Waals surface area contributed by atoms with Crippen molar-refractivity contribution in [1.82, 2.24) is 10.3 Å². The van der Waals surface area contributed by atoms with Gasteiger partial charge in [-0.15, -0.1) is 11.3 Å². The monoisotopic (exact) mass is 376 g/mol. The number of hydrogen-bond donors (Lipinski definition) is 1. The second-order valence-electron chi connectivity index (χ2n) is 6.32. The zero-order valence-electron chi connectivity index (χ0n) is 14.5. The highest BCUT2D eigenvalue weighted by molar-refractivity contribution is 7.17. The summed E-state index contributed by atoms with van der Waals surface area (Å²) in [5, 5.41) is 15.4. The van der Waals surface area contributed by atoms with Crippen molar-refractivity contribution in [1.29, 1.82) is 0 Å². The number of carbonyl (C=O) groups is 2. The highest BCUT2D eigenvalue weighted by Gasteiger charge is 2.43. The van der Waals surface area contributed by atoms with Crippen LogP contribution in [0.25, 0.3) is 10.2 Å². The number of rotatable bonds is 4. The van der Waals surface area contributed by atoms with E-state index in [-0.39, 0.29) is 40.0 Å². The summed E-state index contributed by atoms with van der Waals surface area (Å²) in [6, 6.07) is 1.36. The van der Waals surface area contributed by atoms with E-state index in [1.807, 2.05) is 13.8 Å². The van der Waals surface area contributed by atoms with Crippen LogP contribution in [0.3, 0.4) is 0 Å². The molecule has 0 saturated heterocycles. The largest absolute Gasteiger partial charge is 0.465 e. The van der Waals surface area contributed by atoms with Crippen molar-refractivity contribution in [3.8, 4) is 0 Å². The summed E-state index contributed by atoms with van der Waals surface area (Å²) in [7, 11) is 1.20. The minimum Gasteiger partial charge on any atom is -0.465 e. The number of nitrogens with one attached hydrogen (secondary N) is 1. The van der Waals surface area contributed by atoms with Crippen molar-refractivity contribution < 1.29 is 19.2 Å². The number of ether oxygens (including phenoxy) is 1. The molecule has 1 amide bonds. The molecule has 0 spiro atoms. The minimum absolute atomic E-state index is 0.00792.